The zero-order valence-corrected chi connectivity index (χ0v) is 15.0. The first kappa shape index (κ1) is 18.5. The molecule has 0 aromatic heterocycles. The molecule has 1 N–H and O–H groups in total. The third-order valence-electron chi connectivity index (χ3n) is 5.13. The molecule has 0 amide bonds. The van der Waals surface area contributed by atoms with Gasteiger partial charge in [-0.05, 0) is 37.8 Å². The van der Waals surface area contributed by atoms with E-state index < -0.39 is 23.4 Å². The van der Waals surface area contributed by atoms with Gasteiger partial charge < -0.3 is 5.11 Å². The van der Waals surface area contributed by atoms with Crippen molar-refractivity contribution in [1.29, 1.82) is 0 Å². The number of Topliss-reactive ketones (excluding diaryl/α,β-unsaturated/α-hetero) is 3. The summed E-state index contributed by atoms with van der Waals surface area (Å²) in [6, 6.07) is 7.67. The van der Waals surface area contributed by atoms with Crippen molar-refractivity contribution in [1.82, 2.24) is 0 Å². The quantitative estimate of drug-likeness (QED) is 0.861. The lowest BCUT2D eigenvalue weighted by Gasteiger charge is -2.44. The molecule has 0 heterocycles. The van der Waals surface area contributed by atoms with Gasteiger partial charge in [0.1, 0.15) is 17.3 Å². The van der Waals surface area contributed by atoms with Crippen molar-refractivity contribution in [3.8, 4) is 0 Å². The minimum Gasteiger partial charge on any atom is -0.389 e. The van der Waals surface area contributed by atoms with Gasteiger partial charge in [-0.3, -0.25) is 14.4 Å². The number of aliphatic hydroxyl groups is 1. The SMILES string of the molecule is CC(=O)C1C(=O)CC(C)(O)C(C(C)=O)C1c1ccc(C(C)C)cc1. The Bertz CT molecular complexity index is 655. The van der Waals surface area contributed by atoms with E-state index in [-0.39, 0.29) is 23.8 Å². The molecule has 0 bridgehead atoms. The number of benzene rings is 1. The maximum Gasteiger partial charge on any atom is 0.146 e. The van der Waals surface area contributed by atoms with E-state index >= 15 is 0 Å². The molecule has 0 radical (unpaired) electrons. The second-order valence-electron chi connectivity index (χ2n) is 7.52. The Balaban J connectivity index is 2.58. The normalized spacial score (nSPS) is 30.5. The highest BCUT2D eigenvalue weighted by Gasteiger charge is 2.53. The minimum absolute atomic E-state index is 0.165. The molecule has 1 saturated carbocycles. The van der Waals surface area contributed by atoms with Crippen LogP contribution in [0.4, 0.5) is 0 Å². The van der Waals surface area contributed by atoms with Gasteiger partial charge in [0, 0.05) is 12.3 Å². The third kappa shape index (κ3) is 3.34. The van der Waals surface area contributed by atoms with Gasteiger partial charge in [-0.15, -0.1) is 0 Å². The number of carbonyl (C=O) groups excluding carboxylic acids is 3. The van der Waals surface area contributed by atoms with Crippen LogP contribution >= 0.6 is 0 Å². The lowest BCUT2D eigenvalue weighted by atomic mass is 9.60. The van der Waals surface area contributed by atoms with Gasteiger partial charge >= 0.3 is 0 Å². The molecule has 1 aromatic rings. The molecule has 1 aromatic carbocycles. The van der Waals surface area contributed by atoms with Crippen LogP contribution in [0.25, 0.3) is 0 Å². The van der Waals surface area contributed by atoms with Gasteiger partial charge in [0.05, 0.1) is 17.4 Å². The van der Waals surface area contributed by atoms with Crippen molar-refractivity contribution in [2.75, 3.05) is 0 Å². The van der Waals surface area contributed by atoms with E-state index in [0.29, 0.717) is 5.92 Å². The van der Waals surface area contributed by atoms with Crippen molar-refractivity contribution in [3.63, 3.8) is 0 Å². The van der Waals surface area contributed by atoms with E-state index in [1.807, 2.05) is 24.3 Å². The summed E-state index contributed by atoms with van der Waals surface area (Å²) in [5.41, 5.74) is 0.468. The lowest BCUT2D eigenvalue weighted by molar-refractivity contribution is -0.151. The first-order chi connectivity index (χ1) is 11.1. The Morgan fingerprint density at radius 3 is 2.08 bits per heavy atom. The monoisotopic (exact) mass is 330 g/mol. The molecule has 4 nitrogen and oxygen atoms in total. The summed E-state index contributed by atoms with van der Waals surface area (Å²) in [6.45, 7) is 8.49. The van der Waals surface area contributed by atoms with Gasteiger partial charge in [0.15, 0.2) is 0 Å². The van der Waals surface area contributed by atoms with Crippen LogP contribution < -0.4 is 0 Å². The van der Waals surface area contributed by atoms with Gasteiger partial charge in [0.2, 0.25) is 0 Å². The average Bonchev–Trinajstić information content (AvgIpc) is 2.44. The highest BCUT2D eigenvalue weighted by Crippen LogP contribution is 2.46. The van der Waals surface area contributed by atoms with Crippen LogP contribution in [-0.4, -0.2) is 28.1 Å². The molecule has 130 valence electrons. The van der Waals surface area contributed by atoms with Crippen LogP contribution in [0.15, 0.2) is 24.3 Å². The van der Waals surface area contributed by atoms with Crippen LogP contribution in [0.2, 0.25) is 0 Å². The number of ketones is 3. The zero-order valence-electron chi connectivity index (χ0n) is 15.0. The van der Waals surface area contributed by atoms with Gasteiger partial charge in [-0.2, -0.15) is 0 Å². The first-order valence-electron chi connectivity index (χ1n) is 8.42. The molecule has 2 rings (SSSR count). The predicted octanol–water partition coefficient (Wildman–Crippen LogP) is 3.03. The van der Waals surface area contributed by atoms with Crippen LogP contribution in [0.3, 0.4) is 0 Å². The molecule has 1 aliphatic carbocycles. The Hall–Kier alpha value is -1.81. The fourth-order valence-electron chi connectivity index (χ4n) is 4.01. The van der Waals surface area contributed by atoms with Crippen molar-refractivity contribution < 1.29 is 19.5 Å². The van der Waals surface area contributed by atoms with Crippen molar-refractivity contribution >= 4 is 17.3 Å². The lowest BCUT2D eigenvalue weighted by Crippen LogP contribution is -2.53. The number of hydrogen-bond donors (Lipinski definition) is 1. The fraction of sp³-hybridized carbons (Fsp3) is 0.550. The van der Waals surface area contributed by atoms with Crippen LogP contribution in [0, 0.1) is 11.8 Å². The Labute approximate surface area is 143 Å². The van der Waals surface area contributed by atoms with E-state index in [0.717, 1.165) is 11.1 Å². The molecule has 0 spiro atoms. The van der Waals surface area contributed by atoms with Crippen LogP contribution in [0.5, 0.6) is 0 Å². The van der Waals surface area contributed by atoms with Crippen molar-refractivity contribution in [3.05, 3.63) is 35.4 Å². The molecule has 24 heavy (non-hydrogen) atoms. The Morgan fingerprint density at radius 1 is 1.12 bits per heavy atom. The standard InChI is InChI=1S/C20H26O4/c1-11(2)14-6-8-15(9-7-14)18-17(12(3)21)16(23)10-20(5,24)19(18)13(4)22/h6-9,11,17-19,24H,10H2,1-5H3. The van der Waals surface area contributed by atoms with E-state index in [1.54, 1.807) is 0 Å². The molecule has 0 saturated heterocycles. The Kier molecular flexibility index (Phi) is 5.09. The molecule has 4 unspecified atom stereocenters. The van der Waals surface area contributed by atoms with Crippen LogP contribution in [-0.2, 0) is 14.4 Å². The second-order valence-corrected chi connectivity index (χ2v) is 7.52. The second kappa shape index (κ2) is 6.60. The summed E-state index contributed by atoms with van der Waals surface area (Å²) in [4.78, 5) is 36.9. The summed E-state index contributed by atoms with van der Waals surface area (Å²) < 4.78 is 0. The average molecular weight is 330 g/mol. The van der Waals surface area contributed by atoms with E-state index in [1.165, 1.54) is 20.8 Å². The summed E-state index contributed by atoms with van der Waals surface area (Å²) in [5.74, 6) is -2.63. The summed E-state index contributed by atoms with van der Waals surface area (Å²) in [5, 5.41) is 10.7. The topological polar surface area (TPSA) is 71.4 Å². The maximum absolute atomic E-state index is 12.5. The molecular weight excluding hydrogens is 304 g/mol. The molecular formula is C20H26O4. The van der Waals surface area contributed by atoms with Gasteiger partial charge in [-0.1, -0.05) is 38.1 Å². The first-order valence-corrected chi connectivity index (χ1v) is 8.42. The molecule has 4 heteroatoms. The smallest absolute Gasteiger partial charge is 0.146 e. The molecule has 4 atom stereocenters. The van der Waals surface area contributed by atoms with E-state index in [2.05, 4.69) is 13.8 Å². The molecule has 0 aliphatic heterocycles. The third-order valence-corrected chi connectivity index (χ3v) is 5.13. The zero-order chi connectivity index (χ0) is 18.2. The van der Waals surface area contributed by atoms with E-state index in [9.17, 15) is 19.5 Å². The minimum atomic E-state index is -1.43. The number of carbonyl (C=O) groups is 3. The summed E-state index contributed by atoms with van der Waals surface area (Å²) in [6.07, 6.45) is -0.165. The largest absolute Gasteiger partial charge is 0.389 e. The number of rotatable bonds is 4. The van der Waals surface area contributed by atoms with Crippen molar-refractivity contribution in [2.45, 2.75) is 58.5 Å². The Morgan fingerprint density at radius 2 is 1.67 bits per heavy atom. The molecule has 1 aliphatic rings. The molecule has 1 fully saturated rings. The van der Waals surface area contributed by atoms with Gasteiger partial charge in [0.25, 0.3) is 0 Å². The fourth-order valence-corrected chi connectivity index (χ4v) is 4.01. The van der Waals surface area contributed by atoms with Crippen LogP contribution in [0.1, 0.15) is 64.0 Å². The maximum atomic E-state index is 12.5. The summed E-state index contributed by atoms with van der Waals surface area (Å²) in [7, 11) is 0. The highest BCUT2D eigenvalue weighted by atomic mass is 16.3. The van der Waals surface area contributed by atoms with E-state index in [4.69, 9.17) is 0 Å². The van der Waals surface area contributed by atoms with Crippen molar-refractivity contribution in [2.24, 2.45) is 11.8 Å². The predicted molar refractivity (Wildman–Crippen MR) is 91.9 cm³/mol. The summed E-state index contributed by atoms with van der Waals surface area (Å²) >= 11 is 0. The van der Waals surface area contributed by atoms with Gasteiger partial charge in [-0.25, -0.2) is 0 Å². The highest BCUT2D eigenvalue weighted by molar-refractivity contribution is 6.05. The number of hydrogen-bond acceptors (Lipinski definition) is 4.